The Labute approximate surface area is 419 Å². The van der Waals surface area contributed by atoms with Crippen molar-refractivity contribution in [3.05, 3.63) is 154 Å². The van der Waals surface area contributed by atoms with Crippen molar-refractivity contribution < 1.29 is 0 Å². The van der Waals surface area contributed by atoms with E-state index in [1.54, 1.807) is 0 Å². The van der Waals surface area contributed by atoms with E-state index in [9.17, 15) is 0 Å². The van der Waals surface area contributed by atoms with Crippen LogP contribution in [-0.2, 0) is 0 Å². The Bertz CT molecular complexity index is 2160. The lowest BCUT2D eigenvalue weighted by molar-refractivity contribution is 0.835. The van der Waals surface area contributed by atoms with Gasteiger partial charge in [-0.2, -0.15) is 0 Å². The Morgan fingerprint density at radius 3 is 0.585 bits per heavy atom. The Kier molecular flexibility index (Phi) is 17.2. The van der Waals surface area contributed by atoms with Gasteiger partial charge in [0.05, 0.1) is 0 Å². The van der Waals surface area contributed by atoms with E-state index in [2.05, 4.69) is 273 Å². The molecule has 0 saturated heterocycles. The first-order chi connectivity index (χ1) is 30.7. The van der Waals surface area contributed by atoms with Crippen molar-refractivity contribution in [2.24, 2.45) is 0 Å². The zero-order valence-electron chi connectivity index (χ0n) is 42.1. The highest BCUT2D eigenvalue weighted by atomic mass is 79.9. The van der Waals surface area contributed by atoms with Gasteiger partial charge < -0.3 is 0 Å². The zero-order chi connectivity index (χ0) is 47.7. The summed E-state index contributed by atoms with van der Waals surface area (Å²) in [5.74, 6) is 2.93. The summed E-state index contributed by atoms with van der Waals surface area (Å²) in [6, 6.07) is 42.4. The van der Waals surface area contributed by atoms with Gasteiger partial charge >= 0.3 is 3.61 Å². The molecule has 0 nitrogen and oxygen atoms in total. The molecule has 0 aliphatic rings. The van der Waals surface area contributed by atoms with Gasteiger partial charge in [-0.15, -0.1) is 22.4 Å². The average Bonchev–Trinajstić information content (AvgIpc) is 3.25. The maximum atomic E-state index is 4.64. The molecule has 5 heteroatoms. The van der Waals surface area contributed by atoms with Crippen molar-refractivity contribution in [3.63, 3.8) is 0 Å². The third-order valence-corrected chi connectivity index (χ3v) is 24.8. The van der Waals surface area contributed by atoms with Crippen LogP contribution < -0.4 is 0 Å². The summed E-state index contributed by atoms with van der Waals surface area (Å²) < 4.78 is -2.74. The third kappa shape index (κ3) is 11.1. The van der Waals surface area contributed by atoms with Crippen LogP contribution in [0.15, 0.2) is 119 Å². The second kappa shape index (κ2) is 21.7. The fraction of sp³-hybridized carbons (Fsp3) is 0.400. The Hall–Kier alpha value is -2.80. The van der Waals surface area contributed by atoms with Crippen LogP contribution >= 0.6 is 53.0 Å². The van der Waals surface area contributed by atoms with Crippen LogP contribution in [0.3, 0.4) is 0 Å². The fourth-order valence-electron chi connectivity index (χ4n) is 9.79. The first kappa shape index (κ1) is 51.6. The van der Waals surface area contributed by atoms with Gasteiger partial charge in [0.2, 0.25) is 0 Å². The normalized spacial score (nSPS) is 12.5. The molecule has 0 radical (unpaired) electrons. The highest BCUT2D eigenvalue weighted by Crippen LogP contribution is 2.59. The van der Waals surface area contributed by atoms with E-state index in [0.29, 0.717) is 47.3 Å². The highest BCUT2D eigenvalue weighted by Gasteiger charge is 2.37. The Morgan fingerprint density at radius 1 is 0.277 bits per heavy atom. The van der Waals surface area contributed by atoms with Crippen LogP contribution in [0.5, 0.6) is 0 Å². The first-order valence-electron chi connectivity index (χ1n) is 24.2. The van der Waals surface area contributed by atoms with Crippen LogP contribution in [0.25, 0.3) is 44.5 Å². The molecule has 0 amide bonds. The standard InChI is InChI=1S/C60H74Br2S2Si/c1-35(2)43-23-17-24-44(36(3)4)55(43)51-31-21-32-52(56-45(37(5)6)25-18-26-46(56)38(7)8)59(51)63-65(61,62)64-60-53(57-47(39(9)10)27-19-28-48(57)40(11)12)33-22-34-54(60)58-49(41(13)14)29-20-30-50(58)42(15)16/h17-42H,1-16H3. The lowest BCUT2D eigenvalue weighted by atomic mass is 9.82. The zero-order valence-corrected chi connectivity index (χ0v) is 47.9. The molecule has 0 atom stereocenters. The number of hydrogen-bond acceptors (Lipinski definition) is 2. The highest BCUT2D eigenvalue weighted by molar-refractivity contribution is 9.64. The summed E-state index contributed by atoms with van der Waals surface area (Å²) >= 11 is 13.4. The molecule has 6 aromatic rings. The Morgan fingerprint density at radius 2 is 0.431 bits per heavy atom. The van der Waals surface area contributed by atoms with Crippen molar-refractivity contribution in [1.82, 2.24) is 0 Å². The molecule has 0 heterocycles. The van der Waals surface area contributed by atoms with Gasteiger partial charge in [0.25, 0.3) is 0 Å². The summed E-state index contributed by atoms with van der Waals surface area (Å²) in [7, 11) is 0. The summed E-state index contributed by atoms with van der Waals surface area (Å²) in [6.45, 7) is 37.7. The topological polar surface area (TPSA) is 0 Å². The van der Waals surface area contributed by atoms with Gasteiger partial charge in [-0.1, -0.05) is 251 Å². The molecule has 0 N–H and O–H groups in total. The van der Waals surface area contributed by atoms with Gasteiger partial charge in [-0.05, 0) is 136 Å². The lowest BCUT2D eigenvalue weighted by Crippen LogP contribution is -2.11. The maximum Gasteiger partial charge on any atom is 0.328 e. The Balaban J connectivity index is 1.74. The minimum absolute atomic E-state index is 0.366. The van der Waals surface area contributed by atoms with E-state index < -0.39 is 3.61 Å². The van der Waals surface area contributed by atoms with E-state index >= 15 is 0 Å². The number of hydrogen-bond donors (Lipinski definition) is 0. The second-order valence-electron chi connectivity index (χ2n) is 20.5. The van der Waals surface area contributed by atoms with Crippen molar-refractivity contribution in [2.45, 2.75) is 168 Å². The predicted octanol–water partition coefficient (Wildman–Crippen LogP) is 21.5. The molecular weight excluding hydrogens is 973 g/mol. The smallest absolute Gasteiger partial charge is 0.113 e. The largest absolute Gasteiger partial charge is 0.328 e. The molecule has 0 aromatic heterocycles. The van der Waals surface area contributed by atoms with Gasteiger partial charge in [0.1, 0.15) is 0 Å². The lowest BCUT2D eigenvalue weighted by Gasteiger charge is -2.30. The van der Waals surface area contributed by atoms with Crippen molar-refractivity contribution in [1.29, 1.82) is 0 Å². The van der Waals surface area contributed by atoms with E-state index in [-0.39, 0.29) is 0 Å². The van der Waals surface area contributed by atoms with Crippen LogP contribution in [0.2, 0.25) is 0 Å². The molecule has 6 rings (SSSR count). The molecule has 0 bridgehead atoms. The van der Waals surface area contributed by atoms with Crippen LogP contribution in [0.4, 0.5) is 0 Å². The van der Waals surface area contributed by atoms with Crippen molar-refractivity contribution in [3.8, 4) is 44.5 Å². The number of benzene rings is 6. The predicted molar refractivity (Wildman–Crippen MR) is 303 cm³/mol. The molecule has 0 unspecified atom stereocenters. The summed E-state index contributed by atoms with van der Waals surface area (Å²) in [5, 5.41) is 0. The van der Waals surface area contributed by atoms with E-state index in [4.69, 9.17) is 0 Å². The van der Waals surface area contributed by atoms with Crippen LogP contribution in [-0.4, -0.2) is 3.61 Å². The quantitative estimate of drug-likeness (QED) is 0.0700. The molecule has 6 aromatic carbocycles. The van der Waals surface area contributed by atoms with E-state index in [1.165, 1.54) is 98.8 Å². The monoisotopic (exact) mass is 1040 g/mol. The molecular formula is C60H74Br2S2Si. The average molecular weight is 1050 g/mol. The fourth-order valence-corrected chi connectivity index (χ4v) is 22.0. The molecule has 344 valence electrons. The minimum Gasteiger partial charge on any atom is -0.113 e. The van der Waals surface area contributed by atoms with Gasteiger partial charge in [0.15, 0.2) is 0 Å². The molecule has 0 saturated carbocycles. The van der Waals surface area contributed by atoms with Gasteiger partial charge in [0, 0.05) is 9.79 Å². The molecule has 65 heavy (non-hydrogen) atoms. The molecule has 0 aliphatic carbocycles. The summed E-state index contributed by atoms with van der Waals surface area (Å²) in [5.41, 5.74) is 22.2. The van der Waals surface area contributed by atoms with Crippen LogP contribution in [0.1, 0.15) is 203 Å². The number of halogens is 2. The van der Waals surface area contributed by atoms with E-state index in [1.807, 2.05) is 0 Å². The maximum absolute atomic E-state index is 4.64. The van der Waals surface area contributed by atoms with Gasteiger partial charge in [-0.25, -0.2) is 0 Å². The molecule has 0 spiro atoms. The SMILES string of the molecule is CC(C)c1cccc(C(C)C)c1-c1cccc(-c2c(C(C)C)cccc2C(C)C)c1S[Si](Br)(Br)Sc1c(-c2c(C(C)C)cccc2C(C)C)cccc1-c1c(C(C)C)cccc1C(C)C. The minimum atomic E-state index is -2.74. The van der Waals surface area contributed by atoms with Crippen LogP contribution in [0, 0.1) is 0 Å². The van der Waals surface area contributed by atoms with Gasteiger partial charge in [-0.3, -0.25) is 0 Å². The third-order valence-electron chi connectivity index (χ3n) is 13.0. The second-order valence-corrected chi connectivity index (χ2v) is 45.0. The first-order valence-corrected chi connectivity index (χ1v) is 33.8. The summed E-state index contributed by atoms with van der Waals surface area (Å²) in [6.07, 6.45) is 0. The van der Waals surface area contributed by atoms with E-state index in [0.717, 1.165) is 0 Å². The van der Waals surface area contributed by atoms with Crippen molar-refractivity contribution >= 4 is 56.6 Å². The molecule has 0 fully saturated rings. The van der Waals surface area contributed by atoms with Crippen molar-refractivity contribution in [2.75, 3.05) is 0 Å². The molecule has 0 aliphatic heterocycles. The summed E-state index contributed by atoms with van der Waals surface area (Å²) in [4.78, 5) is 2.70. The number of rotatable bonds is 16.